The SMILES string of the molecule is CCN(CC)CCn1c2c(c(SCC(C)C)nc1=O)CCC2. The fourth-order valence-electron chi connectivity index (χ4n) is 2.96. The molecule has 1 aliphatic rings. The van der Waals surface area contributed by atoms with Gasteiger partial charge in [0.2, 0.25) is 0 Å². The van der Waals surface area contributed by atoms with Crippen molar-refractivity contribution in [3.63, 3.8) is 0 Å². The zero-order chi connectivity index (χ0) is 16.1. The first kappa shape index (κ1) is 17.5. The zero-order valence-corrected chi connectivity index (χ0v) is 15.2. The quantitative estimate of drug-likeness (QED) is 0.545. The first-order chi connectivity index (χ1) is 10.6. The lowest BCUT2D eigenvalue weighted by atomic mass is 10.2. The highest BCUT2D eigenvalue weighted by Crippen LogP contribution is 2.30. The van der Waals surface area contributed by atoms with Gasteiger partial charge in [-0.25, -0.2) is 4.79 Å². The monoisotopic (exact) mass is 323 g/mol. The molecule has 22 heavy (non-hydrogen) atoms. The van der Waals surface area contributed by atoms with E-state index in [1.165, 1.54) is 11.3 Å². The van der Waals surface area contributed by atoms with E-state index in [1.807, 2.05) is 4.57 Å². The van der Waals surface area contributed by atoms with Crippen LogP contribution < -0.4 is 5.69 Å². The van der Waals surface area contributed by atoms with Gasteiger partial charge in [0.25, 0.3) is 0 Å². The van der Waals surface area contributed by atoms with E-state index in [-0.39, 0.29) is 5.69 Å². The Labute approximate surface area is 138 Å². The Kier molecular flexibility index (Phi) is 6.50. The smallest absolute Gasteiger partial charge is 0.302 e. The van der Waals surface area contributed by atoms with Gasteiger partial charge in [-0.3, -0.25) is 4.57 Å². The van der Waals surface area contributed by atoms with Crippen LogP contribution in [0.25, 0.3) is 0 Å². The lowest BCUT2D eigenvalue weighted by Crippen LogP contribution is -2.34. The van der Waals surface area contributed by atoms with Gasteiger partial charge in [-0.05, 0) is 38.3 Å². The molecule has 0 unspecified atom stereocenters. The van der Waals surface area contributed by atoms with Crippen molar-refractivity contribution in [3.8, 4) is 0 Å². The van der Waals surface area contributed by atoms with Gasteiger partial charge in [0.1, 0.15) is 5.03 Å². The standard InChI is InChI=1S/C17H29N3OS/c1-5-19(6-2)10-11-20-15-9-7-8-14(15)16(18-17(20)21)22-12-13(3)4/h13H,5-12H2,1-4H3. The Morgan fingerprint density at radius 1 is 1.27 bits per heavy atom. The molecule has 4 nitrogen and oxygen atoms in total. The summed E-state index contributed by atoms with van der Waals surface area (Å²) in [6.07, 6.45) is 3.26. The maximum Gasteiger partial charge on any atom is 0.348 e. The number of nitrogens with zero attached hydrogens (tertiary/aromatic N) is 3. The number of likely N-dealkylation sites (N-methyl/N-ethyl adjacent to an activating group) is 1. The normalized spacial score (nSPS) is 14.1. The summed E-state index contributed by atoms with van der Waals surface area (Å²) in [5.41, 5.74) is 2.53. The second-order valence-corrected chi connectivity index (χ2v) is 7.37. The van der Waals surface area contributed by atoms with Gasteiger partial charge in [0.15, 0.2) is 0 Å². The molecule has 124 valence electrons. The van der Waals surface area contributed by atoms with Crippen molar-refractivity contribution in [2.24, 2.45) is 5.92 Å². The summed E-state index contributed by atoms with van der Waals surface area (Å²) >= 11 is 1.76. The van der Waals surface area contributed by atoms with Crippen LogP contribution in [0.5, 0.6) is 0 Å². The van der Waals surface area contributed by atoms with E-state index in [1.54, 1.807) is 11.8 Å². The van der Waals surface area contributed by atoms with E-state index >= 15 is 0 Å². The van der Waals surface area contributed by atoms with Gasteiger partial charge >= 0.3 is 5.69 Å². The minimum absolute atomic E-state index is 0.0564. The summed E-state index contributed by atoms with van der Waals surface area (Å²) in [6.45, 7) is 12.5. The summed E-state index contributed by atoms with van der Waals surface area (Å²) in [5.74, 6) is 1.65. The van der Waals surface area contributed by atoms with E-state index < -0.39 is 0 Å². The van der Waals surface area contributed by atoms with Gasteiger partial charge in [0.05, 0.1) is 0 Å². The lowest BCUT2D eigenvalue weighted by Gasteiger charge is -2.20. The van der Waals surface area contributed by atoms with Gasteiger partial charge in [0, 0.05) is 30.1 Å². The topological polar surface area (TPSA) is 38.1 Å². The number of hydrogen-bond donors (Lipinski definition) is 0. The minimum atomic E-state index is -0.0564. The Bertz CT molecular complexity index is 550. The molecule has 0 bridgehead atoms. The van der Waals surface area contributed by atoms with Crippen molar-refractivity contribution >= 4 is 11.8 Å². The maximum atomic E-state index is 12.5. The molecule has 0 fully saturated rings. The summed E-state index contributed by atoms with van der Waals surface area (Å²) in [4.78, 5) is 19.2. The van der Waals surface area contributed by atoms with Crippen LogP contribution in [-0.4, -0.2) is 39.8 Å². The van der Waals surface area contributed by atoms with Gasteiger partial charge in [-0.2, -0.15) is 4.98 Å². The number of thioether (sulfide) groups is 1. The third kappa shape index (κ3) is 4.13. The van der Waals surface area contributed by atoms with E-state index in [4.69, 9.17) is 0 Å². The molecule has 0 atom stereocenters. The molecule has 1 heterocycles. The second-order valence-electron chi connectivity index (χ2n) is 6.36. The van der Waals surface area contributed by atoms with Crippen molar-refractivity contribution in [2.45, 2.75) is 58.5 Å². The molecule has 0 N–H and O–H groups in total. The fraction of sp³-hybridized carbons (Fsp3) is 0.765. The van der Waals surface area contributed by atoms with E-state index in [0.717, 1.165) is 56.2 Å². The minimum Gasteiger partial charge on any atom is -0.302 e. The average Bonchev–Trinajstić information content (AvgIpc) is 2.97. The molecule has 0 aromatic carbocycles. The Morgan fingerprint density at radius 3 is 2.64 bits per heavy atom. The van der Waals surface area contributed by atoms with E-state index in [9.17, 15) is 4.79 Å². The highest BCUT2D eigenvalue weighted by molar-refractivity contribution is 7.99. The van der Waals surface area contributed by atoms with Gasteiger partial charge < -0.3 is 4.90 Å². The number of hydrogen-bond acceptors (Lipinski definition) is 4. The fourth-order valence-corrected chi connectivity index (χ4v) is 3.99. The zero-order valence-electron chi connectivity index (χ0n) is 14.4. The van der Waals surface area contributed by atoms with Crippen molar-refractivity contribution in [2.75, 3.05) is 25.4 Å². The van der Waals surface area contributed by atoms with Crippen LogP contribution >= 0.6 is 11.8 Å². The summed E-state index contributed by atoms with van der Waals surface area (Å²) in [5, 5.41) is 0.991. The van der Waals surface area contributed by atoms with E-state index in [0.29, 0.717) is 5.92 Å². The molecule has 1 aromatic rings. The van der Waals surface area contributed by atoms with Crippen molar-refractivity contribution < 1.29 is 0 Å². The molecule has 2 rings (SSSR count). The van der Waals surface area contributed by atoms with Gasteiger partial charge in [-0.1, -0.05) is 27.7 Å². The molecule has 0 radical (unpaired) electrons. The second kappa shape index (κ2) is 8.16. The number of fused-ring (bicyclic) bond motifs is 1. The Balaban J connectivity index is 2.22. The Morgan fingerprint density at radius 2 is 2.00 bits per heavy atom. The average molecular weight is 324 g/mol. The van der Waals surface area contributed by atoms with Crippen LogP contribution in [0.2, 0.25) is 0 Å². The molecule has 1 aliphatic carbocycles. The first-order valence-corrected chi connectivity index (χ1v) is 9.53. The van der Waals surface area contributed by atoms with Crippen LogP contribution in [0.3, 0.4) is 0 Å². The lowest BCUT2D eigenvalue weighted by molar-refractivity contribution is 0.286. The highest BCUT2D eigenvalue weighted by atomic mass is 32.2. The van der Waals surface area contributed by atoms with E-state index in [2.05, 4.69) is 37.6 Å². The maximum absolute atomic E-state index is 12.5. The largest absolute Gasteiger partial charge is 0.348 e. The molecular formula is C17H29N3OS. The number of aromatic nitrogens is 2. The third-order valence-electron chi connectivity index (χ3n) is 4.29. The summed E-state index contributed by atoms with van der Waals surface area (Å²) in [7, 11) is 0. The van der Waals surface area contributed by atoms with Crippen molar-refractivity contribution in [1.82, 2.24) is 14.5 Å². The molecule has 5 heteroatoms. The van der Waals surface area contributed by atoms with Crippen LogP contribution in [0.15, 0.2) is 9.82 Å². The van der Waals surface area contributed by atoms with Crippen molar-refractivity contribution in [1.29, 1.82) is 0 Å². The predicted molar refractivity (Wildman–Crippen MR) is 93.9 cm³/mol. The third-order valence-corrected chi connectivity index (χ3v) is 5.73. The summed E-state index contributed by atoms with van der Waals surface area (Å²) in [6, 6.07) is 0. The number of rotatable bonds is 8. The highest BCUT2D eigenvalue weighted by Gasteiger charge is 2.22. The molecule has 0 aliphatic heterocycles. The predicted octanol–water partition coefficient (Wildman–Crippen LogP) is 2.82. The molecule has 0 spiro atoms. The van der Waals surface area contributed by atoms with Crippen LogP contribution in [0.1, 0.15) is 45.4 Å². The Hall–Kier alpha value is -0.810. The molecule has 0 saturated heterocycles. The van der Waals surface area contributed by atoms with Gasteiger partial charge in [-0.15, -0.1) is 11.8 Å². The molecule has 0 amide bonds. The molecular weight excluding hydrogens is 294 g/mol. The first-order valence-electron chi connectivity index (χ1n) is 8.54. The molecule has 0 saturated carbocycles. The summed E-state index contributed by atoms with van der Waals surface area (Å²) < 4.78 is 1.93. The van der Waals surface area contributed by atoms with Crippen LogP contribution in [-0.2, 0) is 19.4 Å². The van der Waals surface area contributed by atoms with Crippen LogP contribution in [0, 0.1) is 5.92 Å². The van der Waals surface area contributed by atoms with Crippen molar-refractivity contribution in [3.05, 3.63) is 21.7 Å². The molecule has 1 aromatic heterocycles. The van der Waals surface area contributed by atoms with Crippen LogP contribution in [0.4, 0.5) is 0 Å².